The molecule has 0 saturated carbocycles. The van der Waals surface area contributed by atoms with Gasteiger partial charge in [0.25, 0.3) is 0 Å². The summed E-state index contributed by atoms with van der Waals surface area (Å²) < 4.78 is 11.8. The van der Waals surface area contributed by atoms with Crippen LogP contribution in [0, 0.1) is 0 Å². The Hall–Kier alpha value is -7.36. The highest BCUT2D eigenvalue weighted by Crippen LogP contribution is 2.50. The molecule has 1 aliphatic carbocycles. The minimum absolute atomic E-state index is 0.906. The number of nitrogens with zero attached hydrogens (tertiary/aromatic N) is 2. The smallest absolute Gasteiger partial charge is 0.145 e. The van der Waals surface area contributed by atoms with Gasteiger partial charge in [0, 0.05) is 38.3 Å². The lowest BCUT2D eigenvalue weighted by Gasteiger charge is -2.14. The van der Waals surface area contributed by atoms with Crippen LogP contribution in [0.1, 0.15) is 0 Å². The van der Waals surface area contributed by atoms with Crippen molar-refractivity contribution in [3.63, 3.8) is 0 Å². The molecule has 0 N–H and O–H groups in total. The lowest BCUT2D eigenvalue weighted by Crippen LogP contribution is -1.99. The highest BCUT2D eigenvalue weighted by Gasteiger charge is 2.26. The minimum atomic E-state index is 0.906. The van der Waals surface area contributed by atoms with E-state index < -0.39 is 0 Å². The molecule has 0 bridgehead atoms. The van der Waals surface area contributed by atoms with E-state index in [1.54, 1.807) is 0 Å². The zero-order chi connectivity index (χ0) is 35.8. The SMILES string of the molecule is c1ccc(-c2ccc(-n3c4ccccc4c4ccc5c6c7oc8ccccc8c7ccc6n(-c6ccc7c(c6)-c6cccc8cccc-7c68)c5c43)cc2)cc1. The first-order valence-corrected chi connectivity index (χ1v) is 18.9. The second kappa shape index (κ2) is 10.6. The fourth-order valence-electron chi connectivity index (χ4n) is 9.70. The molecule has 3 nitrogen and oxygen atoms in total. The lowest BCUT2D eigenvalue weighted by atomic mass is 10.0. The molecular formula is C52H30N2O. The van der Waals surface area contributed by atoms with Crippen molar-refractivity contribution >= 4 is 76.3 Å². The maximum absolute atomic E-state index is 6.80. The van der Waals surface area contributed by atoms with E-state index in [4.69, 9.17) is 4.42 Å². The van der Waals surface area contributed by atoms with Crippen LogP contribution in [0.3, 0.4) is 0 Å². The van der Waals surface area contributed by atoms with Crippen molar-refractivity contribution in [2.24, 2.45) is 0 Å². The van der Waals surface area contributed by atoms with Crippen LogP contribution in [0.15, 0.2) is 186 Å². The van der Waals surface area contributed by atoms with E-state index in [1.807, 2.05) is 0 Å². The summed E-state index contributed by atoms with van der Waals surface area (Å²) >= 11 is 0. The Morgan fingerprint density at radius 1 is 0.345 bits per heavy atom. The molecule has 13 rings (SSSR count). The van der Waals surface area contributed by atoms with Gasteiger partial charge in [-0.2, -0.15) is 0 Å². The summed E-state index contributed by atoms with van der Waals surface area (Å²) in [5.41, 5.74) is 16.3. The third kappa shape index (κ3) is 3.84. The first kappa shape index (κ1) is 29.1. The Morgan fingerprint density at radius 3 is 1.85 bits per heavy atom. The Labute approximate surface area is 315 Å². The number of hydrogen-bond donors (Lipinski definition) is 0. The van der Waals surface area contributed by atoms with Crippen LogP contribution in [0.2, 0.25) is 0 Å². The summed E-state index contributed by atoms with van der Waals surface area (Å²) in [6.45, 7) is 0. The summed E-state index contributed by atoms with van der Waals surface area (Å²) in [7, 11) is 0. The fraction of sp³-hybridized carbons (Fsp3) is 0. The van der Waals surface area contributed by atoms with E-state index in [1.165, 1.54) is 71.3 Å². The van der Waals surface area contributed by atoms with E-state index >= 15 is 0 Å². The molecule has 1 aliphatic rings. The van der Waals surface area contributed by atoms with Gasteiger partial charge in [0.05, 0.1) is 27.5 Å². The molecule has 3 heteroatoms. The van der Waals surface area contributed by atoms with E-state index in [9.17, 15) is 0 Å². The molecule has 0 saturated heterocycles. The second-order valence-corrected chi connectivity index (χ2v) is 14.8. The van der Waals surface area contributed by atoms with Gasteiger partial charge in [-0.3, -0.25) is 0 Å². The molecule has 0 atom stereocenters. The highest BCUT2D eigenvalue weighted by molar-refractivity contribution is 6.29. The van der Waals surface area contributed by atoms with E-state index in [0.29, 0.717) is 0 Å². The number of benzene rings is 9. The number of rotatable bonds is 3. The molecule has 0 radical (unpaired) electrons. The van der Waals surface area contributed by atoms with Crippen LogP contribution in [0.4, 0.5) is 0 Å². The largest absolute Gasteiger partial charge is 0.455 e. The van der Waals surface area contributed by atoms with Gasteiger partial charge >= 0.3 is 0 Å². The van der Waals surface area contributed by atoms with Gasteiger partial charge in [-0.05, 0) is 92.7 Å². The zero-order valence-electron chi connectivity index (χ0n) is 29.6. The van der Waals surface area contributed by atoms with E-state index in [0.717, 1.165) is 49.7 Å². The van der Waals surface area contributed by atoms with Gasteiger partial charge in [0.1, 0.15) is 11.2 Å². The summed E-state index contributed by atoms with van der Waals surface area (Å²) in [6, 6.07) is 66.5. The number of fused-ring (bicyclic) bond motifs is 14. The number of hydrogen-bond acceptors (Lipinski definition) is 1. The highest BCUT2D eigenvalue weighted by atomic mass is 16.3. The van der Waals surface area contributed by atoms with Gasteiger partial charge in [0.15, 0.2) is 0 Å². The van der Waals surface area contributed by atoms with E-state index in [2.05, 4.69) is 191 Å². The Morgan fingerprint density at radius 2 is 1.00 bits per heavy atom. The molecule has 0 aliphatic heterocycles. The van der Waals surface area contributed by atoms with Crippen molar-refractivity contribution in [1.82, 2.24) is 9.13 Å². The average Bonchev–Trinajstić information content (AvgIpc) is 3.98. The third-order valence-electron chi connectivity index (χ3n) is 12.0. The topological polar surface area (TPSA) is 23.0 Å². The van der Waals surface area contributed by atoms with Crippen LogP contribution in [-0.2, 0) is 0 Å². The van der Waals surface area contributed by atoms with Crippen molar-refractivity contribution in [3.05, 3.63) is 182 Å². The molecule has 9 aromatic carbocycles. The second-order valence-electron chi connectivity index (χ2n) is 14.8. The van der Waals surface area contributed by atoms with Gasteiger partial charge in [-0.15, -0.1) is 0 Å². The fourth-order valence-corrected chi connectivity index (χ4v) is 9.70. The quantitative estimate of drug-likeness (QED) is 0.180. The predicted molar refractivity (Wildman–Crippen MR) is 230 cm³/mol. The first-order chi connectivity index (χ1) is 27.3. The average molecular weight is 699 g/mol. The van der Waals surface area contributed by atoms with Crippen LogP contribution < -0.4 is 0 Å². The normalized spacial score (nSPS) is 12.4. The standard InChI is InChI=1S/C52H30N2O/c1-2-10-31(11-3-1)32-20-22-34(23-21-32)53-45-18-6-4-14-37(45)41-26-27-43-49-46(29-28-42-38-15-5-7-19-47(38)55-52(42)49)54(51(43)50(41)53)35-24-25-36-39-16-8-12-33-13-9-17-40(48(33)39)44(36)30-35/h1-30H. The van der Waals surface area contributed by atoms with Crippen molar-refractivity contribution in [2.75, 3.05) is 0 Å². The molecule has 0 unspecified atom stereocenters. The summed E-state index contributed by atoms with van der Waals surface area (Å²) in [4.78, 5) is 0. The van der Waals surface area contributed by atoms with Crippen molar-refractivity contribution in [3.8, 4) is 44.8 Å². The van der Waals surface area contributed by atoms with Gasteiger partial charge < -0.3 is 13.6 Å². The van der Waals surface area contributed by atoms with Gasteiger partial charge in [0.2, 0.25) is 0 Å². The first-order valence-electron chi connectivity index (χ1n) is 18.9. The molecule has 12 aromatic rings. The van der Waals surface area contributed by atoms with Crippen LogP contribution >= 0.6 is 0 Å². The zero-order valence-corrected chi connectivity index (χ0v) is 29.6. The maximum Gasteiger partial charge on any atom is 0.145 e. The Kier molecular flexibility index (Phi) is 5.63. The number of furan rings is 1. The van der Waals surface area contributed by atoms with Gasteiger partial charge in [-0.1, -0.05) is 133 Å². The molecule has 3 aromatic heterocycles. The minimum Gasteiger partial charge on any atom is -0.455 e. The van der Waals surface area contributed by atoms with E-state index in [-0.39, 0.29) is 0 Å². The maximum atomic E-state index is 6.80. The third-order valence-corrected chi connectivity index (χ3v) is 12.0. The summed E-state index contributed by atoms with van der Waals surface area (Å²) in [5.74, 6) is 0. The molecular weight excluding hydrogens is 669 g/mol. The van der Waals surface area contributed by atoms with Crippen LogP contribution in [-0.4, -0.2) is 9.13 Å². The van der Waals surface area contributed by atoms with Crippen molar-refractivity contribution in [1.29, 1.82) is 0 Å². The number of para-hydroxylation sites is 2. The molecule has 55 heavy (non-hydrogen) atoms. The molecule has 3 heterocycles. The summed E-state index contributed by atoms with van der Waals surface area (Å²) in [6.07, 6.45) is 0. The number of aromatic nitrogens is 2. The summed E-state index contributed by atoms with van der Waals surface area (Å²) in [5, 5.41) is 9.64. The van der Waals surface area contributed by atoms with Crippen LogP contribution in [0.5, 0.6) is 0 Å². The Balaban J connectivity index is 1.18. The molecule has 0 spiro atoms. The molecule has 254 valence electrons. The molecule has 0 amide bonds. The van der Waals surface area contributed by atoms with Crippen LogP contribution in [0.25, 0.3) is 121 Å². The van der Waals surface area contributed by atoms with Crippen molar-refractivity contribution < 1.29 is 4.42 Å². The Bertz CT molecular complexity index is 3570. The van der Waals surface area contributed by atoms with Gasteiger partial charge in [-0.25, -0.2) is 0 Å². The molecule has 0 fully saturated rings. The predicted octanol–water partition coefficient (Wildman–Crippen LogP) is 14.2. The lowest BCUT2D eigenvalue weighted by molar-refractivity contribution is 0.673. The van der Waals surface area contributed by atoms with Crippen molar-refractivity contribution in [2.45, 2.75) is 0 Å². The monoisotopic (exact) mass is 698 g/mol.